The average Bonchev–Trinajstić information content (AvgIpc) is 2.38. The lowest BCUT2D eigenvalue weighted by molar-refractivity contribution is 0.200. The van der Waals surface area contributed by atoms with Gasteiger partial charge in [-0.05, 0) is 6.07 Å². The van der Waals surface area contributed by atoms with Gasteiger partial charge in [-0.1, -0.05) is 13.8 Å². The first-order chi connectivity index (χ1) is 7.52. The number of fused-ring (bicyclic) bond motifs is 1. The van der Waals surface area contributed by atoms with E-state index in [-0.39, 0.29) is 5.41 Å². The molecule has 1 aromatic carbocycles. The number of nitriles is 1. The molecule has 1 heterocycles. The van der Waals surface area contributed by atoms with Gasteiger partial charge in [-0.2, -0.15) is 5.26 Å². The van der Waals surface area contributed by atoms with E-state index in [2.05, 4.69) is 25.2 Å². The molecule has 3 N–H and O–H groups in total. The van der Waals surface area contributed by atoms with Crippen LogP contribution >= 0.6 is 0 Å². The molecule has 0 saturated heterocycles. The predicted molar refractivity (Wildman–Crippen MR) is 63.3 cm³/mol. The number of benzene rings is 1. The fourth-order valence-electron chi connectivity index (χ4n) is 1.66. The van der Waals surface area contributed by atoms with Crippen LogP contribution in [-0.2, 0) is 0 Å². The van der Waals surface area contributed by atoms with E-state index in [1.807, 2.05) is 0 Å². The van der Waals surface area contributed by atoms with Crippen molar-refractivity contribution in [2.75, 3.05) is 24.2 Å². The molecular formula is C12H15N3O. The molecule has 0 atom stereocenters. The standard InChI is InChI=1S/C12H15N3O/c1-12(2)6-15-11-9(14)3-8(5-13)4-10(11)16-7-12/h3-4,15H,6-7,14H2,1-2H3. The second-order valence-electron chi connectivity index (χ2n) is 4.86. The number of ether oxygens (including phenoxy) is 1. The third-order valence-electron chi connectivity index (χ3n) is 2.62. The van der Waals surface area contributed by atoms with Gasteiger partial charge in [0.25, 0.3) is 0 Å². The fourth-order valence-corrected chi connectivity index (χ4v) is 1.66. The fraction of sp³-hybridized carbons (Fsp3) is 0.417. The van der Waals surface area contributed by atoms with Gasteiger partial charge >= 0.3 is 0 Å². The van der Waals surface area contributed by atoms with Crippen molar-refractivity contribution in [3.8, 4) is 11.8 Å². The van der Waals surface area contributed by atoms with Gasteiger partial charge in [-0.3, -0.25) is 0 Å². The van der Waals surface area contributed by atoms with Crippen molar-refractivity contribution in [3.63, 3.8) is 0 Å². The summed E-state index contributed by atoms with van der Waals surface area (Å²) >= 11 is 0. The van der Waals surface area contributed by atoms with Gasteiger partial charge in [0, 0.05) is 18.0 Å². The summed E-state index contributed by atoms with van der Waals surface area (Å²) in [5, 5.41) is 12.1. The van der Waals surface area contributed by atoms with E-state index in [0.717, 1.165) is 12.2 Å². The molecule has 0 unspecified atom stereocenters. The lowest BCUT2D eigenvalue weighted by Crippen LogP contribution is -2.27. The van der Waals surface area contributed by atoms with Crippen molar-refractivity contribution in [2.45, 2.75) is 13.8 Å². The maximum Gasteiger partial charge on any atom is 0.145 e. The molecule has 4 nitrogen and oxygen atoms in total. The van der Waals surface area contributed by atoms with Gasteiger partial charge in [0.2, 0.25) is 0 Å². The summed E-state index contributed by atoms with van der Waals surface area (Å²) < 4.78 is 5.69. The van der Waals surface area contributed by atoms with Crippen molar-refractivity contribution in [1.29, 1.82) is 5.26 Å². The highest BCUT2D eigenvalue weighted by Crippen LogP contribution is 2.36. The molecule has 0 bridgehead atoms. The van der Waals surface area contributed by atoms with Gasteiger partial charge in [-0.25, -0.2) is 0 Å². The van der Waals surface area contributed by atoms with Crippen LogP contribution in [-0.4, -0.2) is 13.2 Å². The lowest BCUT2D eigenvalue weighted by Gasteiger charge is -2.20. The molecule has 1 aromatic rings. The molecule has 16 heavy (non-hydrogen) atoms. The van der Waals surface area contributed by atoms with Crippen LogP contribution in [0.5, 0.6) is 5.75 Å². The SMILES string of the molecule is CC1(C)CNc2c(N)cc(C#N)cc2OC1. The second-order valence-corrected chi connectivity index (χ2v) is 4.86. The van der Waals surface area contributed by atoms with Crippen LogP contribution in [0.2, 0.25) is 0 Å². The Morgan fingerprint density at radius 1 is 1.50 bits per heavy atom. The normalized spacial score (nSPS) is 17.3. The van der Waals surface area contributed by atoms with Crippen LogP contribution in [0.3, 0.4) is 0 Å². The van der Waals surface area contributed by atoms with E-state index in [1.54, 1.807) is 12.1 Å². The number of anilines is 2. The minimum absolute atomic E-state index is 0.0538. The summed E-state index contributed by atoms with van der Waals surface area (Å²) in [6.45, 7) is 5.65. The Labute approximate surface area is 95.0 Å². The summed E-state index contributed by atoms with van der Waals surface area (Å²) in [7, 11) is 0. The minimum atomic E-state index is 0.0538. The topological polar surface area (TPSA) is 71.1 Å². The number of hydrogen-bond acceptors (Lipinski definition) is 4. The first-order valence-electron chi connectivity index (χ1n) is 5.22. The van der Waals surface area contributed by atoms with E-state index in [0.29, 0.717) is 23.6 Å². The molecule has 2 rings (SSSR count). The summed E-state index contributed by atoms with van der Waals surface area (Å²) in [5.74, 6) is 0.669. The number of nitrogens with one attached hydrogen (secondary N) is 1. The predicted octanol–water partition coefficient (Wildman–Crippen LogP) is 1.97. The Kier molecular flexibility index (Phi) is 2.39. The van der Waals surface area contributed by atoms with Crippen molar-refractivity contribution < 1.29 is 4.74 Å². The van der Waals surface area contributed by atoms with E-state index >= 15 is 0 Å². The Balaban J connectivity index is 2.43. The minimum Gasteiger partial charge on any atom is -0.491 e. The van der Waals surface area contributed by atoms with E-state index < -0.39 is 0 Å². The highest BCUT2D eigenvalue weighted by Gasteiger charge is 2.24. The first-order valence-corrected chi connectivity index (χ1v) is 5.22. The van der Waals surface area contributed by atoms with Crippen LogP contribution in [0.15, 0.2) is 12.1 Å². The zero-order chi connectivity index (χ0) is 11.8. The maximum absolute atomic E-state index is 8.86. The Morgan fingerprint density at radius 2 is 2.25 bits per heavy atom. The highest BCUT2D eigenvalue weighted by molar-refractivity contribution is 5.76. The van der Waals surface area contributed by atoms with Crippen molar-refractivity contribution in [3.05, 3.63) is 17.7 Å². The molecule has 0 radical (unpaired) electrons. The quantitative estimate of drug-likeness (QED) is 0.652. The van der Waals surface area contributed by atoms with E-state index in [9.17, 15) is 0 Å². The largest absolute Gasteiger partial charge is 0.491 e. The highest BCUT2D eigenvalue weighted by atomic mass is 16.5. The van der Waals surface area contributed by atoms with Crippen LogP contribution in [0.25, 0.3) is 0 Å². The lowest BCUT2D eigenvalue weighted by atomic mass is 9.95. The number of nitrogens with zero attached hydrogens (tertiary/aromatic N) is 1. The molecule has 0 spiro atoms. The van der Waals surface area contributed by atoms with Crippen LogP contribution in [0, 0.1) is 16.7 Å². The van der Waals surface area contributed by atoms with Gasteiger partial charge in [0.05, 0.1) is 23.9 Å². The third kappa shape index (κ3) is 1.89. The number of nitrogens with two attached hydrogens (primary N) is 1. The van der Waals surface area contributed by atoms with Gasteiger partial charge in [0.15, 0.2) is 0 Å². The molecule has 0 aliphatic carbocycles. The zero-order valence-electron chi connectivity index (χ0n) is 9.50. The Bertz CT molecular complexity index is 460. The number of nitrogen functional groups attached to an aromatic ring is 1. The van der Waals surface area contributed by atoms with Gasteiger partial charge in [0.1, 0.15) is 11.4 Å². The first kappa shape index (κ1) is 10.6. The molecule has 1 aliphatic heterocycles. The van der Waals surface area contributed by atoms with E-state index in [1.165, 1.54) is 0 Å². The summed E-state index contributed by atoms with van der Waals surface area (Å²) in [6.07, 6.45) is 0. The molecular weight excluding hydrogens is 202 g/mol. The van der Waals surface area contributed by atoms with Crippen molar-refractivity contribution in [2.24, 2.45) is 5.41 Å². The molecule has 1 aliphatic rings. The Morgan fingerprint density at radius 3 is 2.94 bits per heavy atom. The van der Waals surface area contributed by atoms with Crippen LogP contribution < -0.4 is 15.8 Å². The van der Waals surface area contributed by atoms with Crippen molar-refractivity contribution >= 4 is 11.4 Å². The smallest absolute Gasteiger partial charge is 0.145 e. The number of hydrogen-bond donors (Lipinski definition) is 2. The average molecular weight is 217 g/mol. The van der Waals surface area contributed by atoms with Gasteiger partial charge < -0.3 is 15.8 Å². The second kappa shape index (κ2) is 3.60. The maximum atomic E-state index is 8.86. The monoisotopic (exact) mass is 217 g/mol. The third-order valence-corrected chi connectivity index (χ3v) is 2.62. The summed E-state index contributed by atoms with van der Waals surface area (Å²) in [4.78, 5) is 0. The van der Waals surface area contributed by atoms with Crippen LogP contribution in [0.4, 0.5) is 11.4 Å². The summed E-state index contributed by atoms with van der Waals surface area (Å²) in [5.41, 5.74) is 7.82. The number of rotatable bonds is 0. The molecule has 0 amide bonds. The Hall–Kier alpha value is -1.89. The molecule has 84 valence electrons. The van der Waals surface area contributed by atoms with Gasteiger partial charge in [-0.15, -0.1) is 0 Å². The molecule has 0 aromatic heterocycles. The molecule has 0 fully saturated rings. The molecule has 4 heteroatoms. The molecule has 0 saturated carbocycles. The summed E-state index contributed by atoms with van der Waals surface area (Å²) in [6, 6.07) is 5.45. The van der Waals surface area contributed by atoms with E-state index in [4.69, 9.17) is 15.7 Å². The zero-order valence-corrected chi connectivity index (χ0v) is 9.50. The van der Waals surface area contributed by atoms with Crippen LogP contribution in [0.1, 0.15) is 19.4 Å². The van der Waals surface area contributed by atoms with Crippen molar-refractivity contribution in [1.82, 2.24) is 0 Å².